The second-order valence-corrected chi connectivity index (χ2v) is 8.68. The second kappa shape index (κ2) is 6.54. The SMILES string of the molecule is Cc1cc2nccnc2cc1C1=CCN(S(=O)(=O)c2cnn(C)c2C)CC1. The summed E-state index contributed by atoms with van der Waals surface area (Å²) in [4.78, 5) is 8.99. The molecule has 0 amide bonds. The van der Waals surface area contributed by atoms with Crippen LogP contribution in [0.15, 0.2) is 41.7 Å². The van der Waals surface area contributed by atoms with Gasteiger partial charge in [0.1, 0.15) is 4.90 Å². The van der Waals surface area contributed by atoms with Gasteiger partial charge >= 0.3 is 0 Å². The fraction of sp³-hybridized carbons (Fsp3) is 0.316. The maximum absolute atomic E-state index is 12.9. The minimum Gasteiger partial charge on any atom is -0.272 e. The van der Waals surface area contributed by atoms with Crippen molar-refractivity contribution in [3.63, 3.8) is 0 Å². The van der Waals surface area contributed by atoms with Gasteiger partial charge in [-0.05, 0) is 49.1 Å². The predicted octanol–water partition coefficient (Wildman–Crippen LogP) is 2.46. The molecule has 3 heterocycles. The molecule has 140 valence electrons. The average molecular weight is 383 g/mol. The van der Waals surface area contributed by atoms with Gasteiger partial charge in [0.05, 0.1) is 22.9 Å². The number of aryl methyl sites for hydroxylation is 2. The van der Waals surface area contributed by atoms with Crippen molar-refractivity contribution in [2.45, 2.75) is 25.2 Å². The third kappa shape index (κ3) is 3.04. The lowest BCUT2D eigenvalue weighted by Crippen LogP contribution is -2.35. The van der Waals surface area contributed by atoms with E-state index in [4.69, 9.17) is 0 Å². The van der Waals surface area contributed by atoms with Crippen molar-refractivity contribution in [3.8, 4) is 0 Å². The molecule has 1 aliphatic heterocycles. The molecule has 0 radical (unpaired) electrons. The highest BCUT2D eigenvalue weighted by Gasteiger charge is 2.29. The molecule has 0 bridgehead atoms. The van der Waals surface area contributed by atoms with Crippen LogP contribution in [0.2, 0.25) is 0 Å². The van der Waals surface area contributed by atoms with Crippen LogP contribution in [0.4, 0.5) is 0 Å². The van der Waals surface area contributed by atoms with E-state index in [-0.39, 0.29) is 4.90 Å². The third-order valence-corrected chi connectivity index (χ3v) is 7.11. The summed E-state index contributed by atoms with van der Waals surface area (Å²) in [5, 5.41) is 4.06. The van der Waals surface area contributed by atoms with Crippen molar-refractivity contribution in [2.75, 3.05) is 13.1 Å². The minimum absolute atomic E-state index is 0.277. The summed E-state index contributed by atoms with van der Waals surface area (Å²) >= 11 is 0. The summed E-state index contributed by atoms with van der Waals surface area (Å²) in [6.45, 7) is 4.61. The zero-order valence-electron chi connectivity index (χ0n) is 15.5. The van der Waals surface area contributed by atoms with E-state index < -0.39 is 10.0 Å². The largest absolute Gasteiger partial charge is 0.272 e. The Morgan fingerprint density at radius 2 is 1.78 bits per heavy atom. The number of fused-ring (bicyclic) bond motifs is 1. The Morgan fingerprint density at radius 1 is 1.07 bits per heavy atom. The Hall–Kier alpha value is -2.58. The Balaban J connectivity index is 1.64. The molecule has 2 aromatic heterocycles. The molecule has 0 atom stereocenters. The van der Waals surface area contributed by atoms with Crippen LogP contribution in [0.25, 0.3) is 16.6 Å². The molecule has 7 nitrogen and oxygen atoms in total. The number of benzene rings is 1. The van der Waals surface area contributed by atoms with Crippen LogP contribution in [0.3, 0.4) is 0 Å². The van der Waals surface area contributed by atoms with E-state index in [0.29, 0.717) is 25.2 Å². The van der Waals surface area contributed by atoms with Crippen LogP contribution >= 0.6 is 0 Å². The van der Waals surface area contributed by atoms with Crippen LogP contribution in [-0.4, -0.2) is 45.6 Å². The van der Waals surface area contributed by atoms with Crippen molar-refractivity contribution in [2.24, 2.45) is 7.05 Å². The molecular weight excluding hydrogens is 362 g/mol. The average Bonchev–Trinajstić information content (AvgIpc) is 3.01. The maximum Gasteiger partial charge on any atom is 0.246 e. The maximum atomic E-state index is 12.9. The molecule has 0 saturated carbocycles. The number of nitrogens with zero attached hydrogens (tertiary/aromatic N) is 5. The van der Waals surface area contributed by atoms with Crippen molar-refractivity contribution < 1.29 is 8.42 Å². The molecule has 3 aromatic rings. The van der Waals surface area contributed by atoms with Crippen molar-refractivity contribution in [3.05, 3.63) is 53.6 Å². The van der Waals surface area contributed by atoms with E-state index in [1.54, 1.807) is 31.0 Å². The zero-order chi connectivity index (χ0) is 19.2. The monoisotopic (exact) mass is 383 g/mol. The van der Waals surface area contributed by atoms with Gasteiger partial charge in [0.2, 0.25) is 10.0 Å². The van der Waals surface area contributed by atoms with Crippen LogP contribution in [0.1, 0.15) is 23.2 Å². The van der Waals surface area contributed by atoms with Crippen LogP contribution in [0.5, 0.6) is 0 Å². The molecule has 1 aromatic carbocycles. The number of rotatable bonds is 3. The molecular formula is C19H21N5O2S. The zero-order valence-corrected chi connectivity index (χ0v) is 16.4. The molecule has 4 rings (SSSR count). The lowest BCUT2D eigenvalue weighted by molar-refractivity contribution is 0.440. The van der Waals surface area contributed by atoms with E-state index in [1.165, 1.54) is 10.5 Å². The van der Waals surface area contributed by atoms with E-state index in [0.717, 1.165) is 27.7 Å². The Kier molecular flexibility index (Phi) is 4.32. The van der Waals surface area contributed by atoms with Crippen LogP contribution < -0.4 is 0 Å². The summed E-state index contributed by atoms with van der Waals surface area (Å²) in [5.41, 5.74) is 5.74. The van der Waals surface area contributed by atoms with Crippen LogP contribution in [-0.2, 0) is 17.1 Å². The van der Waals surface area contributed by atoms with Crippen molar-refractivity contribution >= 4 is 26.6 Å². The second-order valence-electron chi connectivity index (χ2n) is 6.77. The highest BCUT2D eigenvalue weighted by molar-refractivity contribution is 7.89. The standard InChI is InChI=1S/C19H21N5O2S/c1-13-10-17-18(21-7-6-20-17)11-16(13)15-4-8-24(9-5-15)27(25,26)19-12-22-23(3)14(19)2/h4,6-7,10-12H,5,8-9H2,1-3H3. The molecule has 27 heavy (non-hydrogen) atoms. The van der Waals surface area contributed by atoms with E-state index in [1.807, 2.05) is 25.1 Å². The fourth-order valence-corrected chi connectivity index (χ4v) is 5.01. The number of aromatic nitrogens is 4. The molecule has 0 unspecified atom stereocenters. The summed E-state index contributed by atoms with van der Waals surface area (Å²) in [5.74, 6) is 0. The smallest absolute Gasteiger partial charge is 0.246 e. The van der Waals surface area contributed by atoms with Crippen molar-refractivity contribution in [1.29, 1.82) is 0 Å². The molecule has 8 heteroatoms. The summed E-state index contributed by atoms with van der Waals surface area (Å²) in [7, 11) is -1.80. The third-order valence-electron chi connectivity index (χ3n) is 5.14. The number of hydrogen-bond donors (Lipinski definition) is 0. The molecule has 0 fully saturated rings. The molecule has 0 N–H and O–H groups in total. The van der Waals surface area contributed by atoms with E-state index in [9.17, 15) is 8.42 Å². The summed E-state index contributed by atoms with van der Waals surface area (Å²) in [6.07, 6.45) is 7.45. The van der Waals surface area contributed by atoms with Gasteiger partial charge in [-0.25, -0.2) is 8.42 Å². The predicted molar refractivity (Wildman–Crippen MR) is 104 cm³/mol. The Labute approximate surface area is 158 Å². The minimum atomic E-state index is -3.54. The van der Waals surface area contributed by atoms with Crippen LogP contribution in [0, 0.1) is 13.8 Å². The Bertz CT molecular complexity index is 1160. The molecule has 0 saturated heterocycles. The molecule has 0 aliphatic carbocycles. The van der Waals surface area contributed by atoms with Gasteiger partial charge in [0, 0.05) is 32.5 Å². The highest BCUT2D eigenvalue weighted by Crippen LogP contribution is 2.30. The van der Waals surface area contributed by atoms with E-state index in [2.05, 4.69) is 15.1 Å². The van der Waals surface area contributed by atoms with Gasteiger partial charge in [-0.1, -0.05) is 6.08 Å². The lowest BCUT2D eigenvalue weighted by Gasteiger charge is -2.26. The number of hydrogen-bond acceptors (Lipinski definition) is 5. The number of sulfonamides is 1. The van der Waals surface area contributed by atoms with Crippen molar-refractivity contribution in [1.82, 2.24) is 24.1 Å². The van der Waals surface area contributed by atoms with Gasteiger partial charge in [0.15, 0.2) is 0 Å². The van der Waals surface area contributed by atoms with E-state index >= 15 is 0 Å². The van der Waals surface area contributed by atoms with Gasteiger partial charge in [-0.15, -0.1) is 0 Å². The quantitative estimate of drug-likeness (QED) is 0.694. The first-order valence-corrected chi connectivity index (χ1v) is 10.2. The van der Waals surface area contributed by atoms with Gasteiger partial charge in [0.25, 0.3) is 0 Å². The first-order valence-electron chi connectivity index (χ1n) is 8.77. The summed E-state index contributed by atoms with van der Waals surface area (Å²) < 4.78 is 29.0. The summed E-state index contributed by atoms with van der Waals surface area (Å²) in [6, 6.07) is 4.07. The Morgan fingerprint density at radius 3 is 2.37 bits per heavy atom. The molecule has 0 spiro atoms. The highest BCUT2D eigenvalue weighted by atomic mass is 32.2. The van der Waals surface area contributed by atoms with Gasteiger partial charge < -0.3 is 0 Å². The van der Waals surface area contributed by atoms with Gasteiger partial charge in [-0.2, -0.15) is 9.40 Å². The lowest BCUT2D eigenvalue weighted by atomic mass is 9.95. The van der Waals surface area contributed by atoms with Gasteiger partial charge in [-0.3, -0.25) is 14.6 Å². The fourth-order valence-electron chi connectivity index (χ4n) is 3.45. The molecule has 1 aliphatic rings. The first-order chi connectivity index (χ1) is 12.9. The normalized spacial score (nSPS) is 15.9. The topological polar surface area (TPSA) is 81.0 Å². The first kappa shape index (κ1) is 17.8.